The molecule has 3 N–H and O–H groups in total. The number of nitrogens with one attached hydrogen (secondary N) is 3. The van der Waals surface area contributed by atoms with Gasteiger partial charge < -0.3 is 5.32 Å². The van der Waals surface area contributed by atoms with Gasteiger partial charge in [-0.05, 0) is 6.07 Å². The number of aromatic amines is 1. The second-order valence-corrected chi connectivity index (χ2v) is 6.96. The number of hydrogen-bond donors (Lipinski definition) is 3. The predicted octanol–water partition coefficient (Wildman–Crippen LogP) is 4.11. The number of alkyl halides is 3. The number of halogens is 3. The molecule has 0 spiro atoms. The molecule has 13 heteroatoms. The van der Waals surface area contributed by atoms with E-state index in [1.165, 1.54) is 18.6 Å². The fraction of sp³-hybridized carbons (Fsp3) is 0.200. The maximum atomic E-state index is 12.5. The third kappa shape index (κ3) is 3.83. The average molecular weight is 407 g/mol. The van der Waals surface area contributed by atoms with E-state index >= 15 is 0 Å². The Kier molecular flexibility index (Phi) is 4.50. The quantitative estimate of drug-likeness (QED) is 0.415. The van der Waals surface area contributed by atoms with Crippen molar-refractivity contribution in [3.63, 3.8) is 0 Å². The third-order valence-corrected chi connectivity index (χ3v) is 4.81. The SMILES string of the molecule is N=Nc1ncc(-c2cnn(CC(F)(F)F)c2)nc1NCc1cc2[nH]ncc2s1. The summed E-state index contributed by atoms with van der Waals surface area (Å²) in [7, 11) is 0. The first kappa shape index (κ1) is 18.0. The molecule has 4 aromatic heterocycles. The second kappa shape index (κ2) is 6.99. The van der Waals surface area contributed by atoms with Crippen molar-refractivity contribution >= 4 is 33.2 Å². The smallest absolute Gasteiger partial charge is 0.362 e. The van der Waals surface area contributed by atoms with E-state index in [9.17, 15) is 13.2 Å². The molecule has 144 valence electrons. The van der Waals surface area contributed by atoms with Gasteiger partial charge in [-0.1, -0.05) is 0 Å². The highest BCUT2D eigenvalue weighted by Gasteiger charge is 2.28. The number of aromatic nitrogens is 6. The molecule has 0 saturated heterocycles. The van der Waals surface area contributed by atoms with Crippen LogP contribution in [0.5, 0.6) is 0 Å². The molecule has 9 nitrogen and oxygen atoms in total. The van der Waals surface area contributed by atoms with Gasteiger partial charge in [0.05, 0.1) is 41.0 Å². The number of nitrogens with zero attached hydrogens (tertiary/aromatic N) is 6. The van der Waals surface area contributed by atoms with E-state index in [2.05, 4.69) is 35.7 Å². The highest BCUT2D eigenvalue weighted by Crippen LogP contribution is 2.28. The number of fused-ring (bicyclic) bond motifs is 1. The summed E-state index contributed by atoms with van der Waals surface area (Å²) >= 11 is 1.54. The van der Waals surface area contributed by atoms with E-state index < -0.39 is 12.7 Å². The number of rotatable bonds is 6. The third-order valence-electron chi connectivity index (χ3n) is 3.74. The van der Waals surface area contributed by atoms with E-state index in [-0.39, 0.29) is 11.6 Å². The molecular weight excluding hydrogens is 395 g/mol. The van der Waals surface area contributed by atoms with Crippen LogP contribution in [0.2, 0.25) is 0 Å². The van der Waals surface area contributed by atoms with Crippen LogP contribution in [-0.2, 0) is 13.1 Å². The Morgan fingerprint density at radius 2 is 2.14 bits per heavy atom. The Bertz CT molecular complexity index is 1100. The molecule has 0 bridgehead atoms. The van der Waals surface area contributed by atoms with Crippen molar-refractivity contribution in [1.82, 2.24) is 29.9 Å². The monoisotopic (exact) mass is 407 g/mol. The first-order chi connectivity index (χ1) is 13.4. The van der Waals surface area contributed by atoms with Gasteiger partial charge in [0.15, 0.2) is 5.82 Å². The van der Waals surface area contributed by atoms with Crippen LogP contribution in [0.4, 0.5) is 24.8 Å². The molecule has 28 heavy (non-hydrogen) atoms. The Morgan fingerprint density at radius 3 is 2.89 bits per heavy atom. The maximum Gasteiger partial charge on any atom is 0.408 e. The van der Waals surface area contributed by atoms with Crippen LogP contribution in [0.1, 0.15) is 4.88 Å². The van der Waals surface area contributed by atoms with E-state index in [4.69, 9.17) is 5.53 Å². The van der Waals surface area contributed by atoms with E-state index in [0.29, 0.717) is 17.8 Å². The van der Waals surface area contributed by atoms with Crippen LogP contribution in [0.3, 0.4) is 0 Å². The number of thiophene rings is 1. The summed E-state index contributed by atoms with van der Waals surface area (Å²) in [5.41, 5.74) is 8.87. The molecule has 4 aromatic rings. The van der Waals surface area contributed by atoms with Gasteiger partial charge in [-0.3, -0.25) is 9.78 Å². The normalized spacial score (nSPS) is 11.8. The van der Waals surface area contributed by atoms with Crippen molar-refractivity contribution in [1.29, 1.82) is 5.53 Å². The summed E-state index contributed by atoms with van der Waals surface area (Å²) in [4.78, 5) is 9.40. The lowest BCUT2D eigenvalue weighted by atomic mass is 10.2. The fourth-order valence-electron chi connectivity index (χ4n) is 2.55. The molecule has 4 heterocycles. The van der Waals surface area contributed by atoms with Crippen molar-refractivity contribution in [2.45, 2.75) is 19.3 Å². The second-order valence-electron chi connectivity index (χ2n) is 5.80. The molecule has 4 rings (SSSR count). The lowest BCUT2D eigenvalue weighted by molar-refractivity contribution is -0.142. The molecule has 0 fully saturated rings. The first-order valence-corrected chi connectivity index (χ1v) is 8.73. The van der Waals surface area contributed by atoms with Gasteiger partial charge in [0, 0.05) is 16.6 Å². The summed E-state index contributed by atoms with van der Waals surface area (Å²) in [5, 5.41) is 16.9. The fourth-order valence-corrected chi connectivity index (χ4v) is 3.47. The molecule has 0 unspecified atom stereocenters. The van der Waals surface area contributed by atoms with Gasteiger partial charge in [-0.25, -0.2) is 15.5 Å². The minimum atomic E-state index is -4.36. The predicted molar refractivity (Wildman–Crippen MR) is 95.4 cm³/mol. The lowest BCUT2D eigenvalue weighted by Crippen LogP contribution is -2.17. The lowest BCUT2D eigenvalue weighted by Gasteiger charge is -2.07. The molecule has 0 radical (unpaired) electrons. The highest BCUT2D eigenvalue weighted by atomic mass is 32.1. The number of anilines is 1. The molecule has 0 aromatic carbocycles. The Morgan fingerprint density at radius 1 is 1.29 bits per heavy atom. The Hall–Kier alpha value is -3.35. The van der Waals surface area contributed by atoms with Crippen LogP contribution >= 0.6 is 11.3 Å². The summed E-state index contributed by atoms with van der Waals surface area (Å²) < 4.78 is 39.3. The van der Waals surface area contributed by atoms with E-state index in [0.717, 1.165) is 19.8 Å². The van der Waals surface area contributed by atoms with Gasteiger partial charge >= 0.3 is 6.18 Å². The Labute approximate surface area is 159 Å². The first-order valence-electron chi connectivity index (χ1n) is 7.91. The van der Waals surface area contributed by atoms with Crippen molar-refractivity contribution in [2.75, 3.05) is 5.32 Å². The minimum absolute atomic E-state index is 0.0789. The van der Waals surface area contributed by atoms with Crippen LogP contribution in [-0.4, -0.2) is 36.1 Å². The van der Waals surface area contributed by atoms with E-state index in [1.807, 2.05) is 6.07 Å². The number of H-pyrrole nitrogens is 1. The zero-order valence-electron chi connectivity index (χ0n) is 14.0. The van der Waals surface area contributed by atoms with Gasteiger partial charge in [0.1, 0.15) is 6.54 Å². The van der Waals surface area contributed by atoms with Crippen LogP contribution in [0.15, 0.2) is 36.0 Å². The summed E-state index contributed by atoms with van der Waals surface area (Å²) in [6.45, 7) is -0.771. The standard InChI is InChI=1S/C15H12F3N9S/c16-15(17,18)7-27-6-8(2-23-27)11-4-21-14(25-19)13(24-11)20-3-9-1-10-12(28-9)5-22-26-10/h1-2,4-6,19H,3,7H2,(H,20,24)(H,22,26). The van der Waals surface area contributed by atoms with Crippen LogP contribution < -0.4 is 5.32 Å². The van der Waals surface area contributed by atoms with Gasteiger partial charge in [0.25, 0.3) is 0 Å². The molecule has 0 aliphatic carbocycles. The number of hydrogen-bond acceptors (Lipinski definition) is 8. The Balaban J connectivity index is 1.55. The molecule has 0 saturated carbocycles. The summed E-state index contributed by atoms with van der Waals surface area (Å²) in [6.07, 6.45) is 1.23. The van der Waals surface area contributed by atoms with Gasteiger partial charge in [0.2, 0.25) is 5.82 Å². The minimum Gasteiger partial charge on any atom is -0.362 e. The topological polar surface area (TPSA) is 121 Å². The van der Waals surface area contributed by atoms with Crippen molar-refractivity contribution in [3.05, 3.63) is 35.7 Å². The van der Waals surface area contributed by atoms with Crippen molar-refractivity contribution in [2.24, 2.45) is 5.11 Å². The average Bonchev–Trinajstić information content (AvgIpc) is 3.34. The van der Waals surface area contributed by atoms with Gasteiger partial charge in [-0.15, -0.1) is 16.5 Å². The van der Waals surface area contributed by atoms with Crippen LogP contribution in [0.25, 0.3) is 21.5 Å². The molecular formula is C15H12F3N9S. The highest BCUT2D eigenvalue weighted by molar-refractivity contribution is 7.19. The molecule has 0 aliphatic rings. The maximum absolute atomic E-state index is 12.5. The summed E-state index contributed by atoms with van der Waals surface area (Å²) in [5.74, 6) is 0.335. The molecule has 0 aliphatic heterocycles. The molecule has 0 amide bonds. The van der Waals surface area contributed by atoms with Gasteiger partial charge in [-0.2, -0.15) is 23.4 Å². The largest absolute Gasteiger partial charge is 0.408 e. The zero-order valence-corrected chi connectivity index (χ0v) is 14.8. The van der Waals surface area contributed by atoms with Crippen LogP contribution in [0, 0.1) is 5.53 Å². The molecule has 0 atom stereocenters. The van der Waals surface area contributed by atoms with Crippen molar-refractivity contribution in [3.8, 4) is 11.3 Å². The van der Waals surface area contributed by atoms with Crippen molar-refractivity contribution < 1.29 is 13.2 Å². The zero-order chi connectivity index (χ0) is 19.7. The summed E-state index contributed by atoms with van der Waals surface area (Å²) in [6, 6.07) is 1.94. The van der Waals surface area contributed by atoms with E-state index in [1.54, 1.807) is 17.5 Å².